The highest BCUT2D eigenvalue weighted by molar-refractivity contribution is 5.90. The molecule has 0 unspecified atom stereocenters. The van der Waals surface area contributed by atoms with Crippen LogP contribution in [0.4, 0.5) is 0 Å². The summed E-state index contributed by atoms with van der Waals surface area (Å²) in [6, 6.07) is 10.5. The third kappa shape index (κ3) is 3.26. The first-order valence-corrected chi connectivity index (χ1v) is 6.07. The van der Waals surface area contributed by atoms with Crippen molar-refractivity contribution in [2.24, 2.45) is 0 Å². The lowest BCUT2D eigenvalue weighted by atomic mass is 10.2. The van der Waals surface area contributed by atoms with Crippen LogP contribution in [0.25, 0.3) is 0 Å². The van der Waals surface area contributed by atoms with Crippen molar-refractivity contribution >= 4 is 5.97 Å². The third-order valence-corrected chi connectivity index (χ3v) is 2.76. The molecule has 20 heavy (non-hydrogen) atoms. The number of hydrogen-bond donors (Lipinski definition) is 1. The molecule has 2 aromatic rings. The molecule has 0 radical (unpaired) electrons. The Morgan fingerprint density at radius 1 is 1.20 bits per heavy atom. The van der Waals surface area contributed by atoms with Gasteiger partial charge in [0.2, 0.25) is 5.88 Å². The van der Waals surface area contributed by atoms with Gasteiger partial charge in [0.25, 0.3) is 0 Å². The zero-order valence-electron chi connectivity index (χ0n) is 11.3. The summed E-state index contributed by atoms with van der Waals surface area (Å²) >= 11 is 0. The Morgan fingerprint density at radius 3 is 2.50 bits per heavy atom. The molecule has 5 heteroatoms. The number of nitrogens with zero attached hydrogens (tertiary/aromatic N) is 1. The van der Waals surface area contributed by atoms with Crippen molar-refractivity contribution in [1.29, 1.82) is 0 Å². The molecule has 0 spiro atoms. The first kappa shape index (κ1) is 13.9. The second-order valence-electron chi connectivity index (χ2n) is 4.25. The fourth-order valence-electron chi connectivity index (χ4n) is 1.68. The minimum Gasteiger partial charge on any atom is -0.497 e. The van der Waals surface area contributed by atoms with E-state index < -0.39 is 5.97 Å². The van der Waals surface area contributed by atoms with E-state index in [0.717, 1.165) is 11.3 Å². The summed E-state index contributed by atoms with van der Waals surface area (Å²) < 4.78 is 10.6. The van der Waals surface area contributed by atoms with Crippen molar-refractivity contribution < 1.29 is 19.4 Å². The van der Waals surface area contributed by atoms with E-state index in [1.54, 1.807) is 20.1 Å². The summed E-state index contributed by atoms with van der Waals surface area (Å²) in [4.78, 5) is 15.2. The van der Waals surface area contributed by atoms with Crippen LogP contribution in [0.15, 0.2) is 36.4 Å². The van der Waals surface area contributed by atoms with Crippen molar-refractivity contribution in [1.82, 2.24) is 4.98 Å². The number of aromatic carboxylic acids is 1. The number of carbonyl (C=O) groups is 1. The highest BCUT2D eigenvalue weighted by atomic mass is 16.5. The van der Waals surface area contributed by atoms with Crippen LogP contribution in [-0.2, 0) is 6.61 Å². The smallest absolute Gasteiger partial charge is 0.341 e. The topological polar surface area (TPSA) is 68.7 Å². The Kier molecular flexibility index (Phi) is 4.20. The molecule has 5 nitrogen and oxygen atoms in total. The van der Waals surface area contributed by atoms with Gasteiger partial charge in [-0.15, -0.1) is 0 Å². The molecular weight excluding hydrogens is 258 g/mol. The lowest BCUT2D eigenvalue weighted by Crippen LogP contribution is -2.06. The number of aryl methyl sites for hydroxylation is 1. The number of methoxy groups -OCH3 is 1. The summed E-state index contributed by atoms with van der Waals surface area (Å²) in [7, 11) is 1.60. The summed E-state index contributed by atoms with van der Waals surface area (Å²) in [6.45, 7) is 2.03. The molecule has 0 bridgehead atoms. The molecule has 104 valence electrons. The van der Waals surface area contributed by atoms with Gasteiger partial charge in [0.15, 0.2) is 0 Å². The maximum atomic E-state index is 11.1. The molecule has 1 N–H and O–H groups in total. The van der Waals surface area contributed by atoms with E-state index in [1.807, 2.05) is 24.3 Å². The van der Waals surface area contributed by atoms with Crippen LogP contribution < -0.4 is 9.47 Å². The second-order valence-corrected chi connectivity index (χ2v) is 4.25. The van der Waals surface area contributed by atoms with Crippen molar-refractivity contribution in [3.8, 4) is 11.6 Å². The highest BCUT2D eigenvalue weighted by Crippen LogP contribution is 2.18. The zero-order valence-corrected chi connectivity index (χ0v) is 11.3. The molecule has 0 aliphatic carbocycles. The lowest BCUT2D eigenvalue weighted by Gasteiger charge is -2.09. The van der Waals surface area contributed by atoms with Gasteiger partial charge in [-0.1, -0.05) is 12.1 Å². The molecular formula is C15H15NO4. The number of rotatable bonds is 5. The summed E-state index contributed by atoms with van der Waals surface area (Å²) in [5.41, 5.74) is 1.68. The Labute approximate surface area is 116 Å². The highest BCUT2D eigenvalue weighted by Gasteiger charge is 2.13. The molecule has 0 saturated heterocycles. The molecule has 1 heterocycles. The van der Waals surface area contributed by atoms with Crippen molar-refractivity contribution in [3.63, 3.8) is 0 Å². The number of carboxylic acids is 1. The van der Waals surface area contributed by atoms with E-state index in [2.05, 4.69) is 4.98 Å². The predicted octanol–water partition coefficient (Wildman–Crippen LogP) is 2.68. The summed E-state index contributed by atoms with van der Waals surface area (Å²) in [5.74, 6) is -0.163. The molecule has 0 fully saturated rings. The minimum atomic E-state index is -1.05. The predicted molar refractivity (Wildman–Crippen MR) is 73.3 cm³/mol. The molecule has 0 atom stereocenters. The number of benzene rings is 1. The third-order valence-electron chi connectivity index (χ3n) is 2.76. The van der Waals surface area contributed by atoms with Crippen LogP contribution in [0.5, 0.6) is 11.6 Å². The molecule has 0 amide bonds. The van der Waals surface area contributed by atoms with Crippen molar-refractivity contribution in [2.75, 3.05) is 7.11 Å². The normalized spacial score (nSPS) is 10.1. The Hall–Kier alpha value is -2.56. The van der Waals surface area contributed by atoms with Crippen LogP contribution in [-0.4, -0.2) is 23.2 Å². The Balaban J connectivity index is 2.13. The van der Waals surface area contributed by atoms with E-state index in [-0.39, 0.29) is 18.1 Å². The van der Waals surface area contributed by atoms with Crippen LogP contribution in [0.1, 0.15) is 21.6 Å². The second kappa shape index (κ2) is 6.06. The van der Waals surface area contributed by atoms with E-state index in [9.17, 15) is 4.79 Å². The van der Waals surface area contributed by atoms with Gasteiger partial charge in [-0.25, -0.2) is 9.78 Å². The van der Waals surface area contributed by atoms with Crippen LogP contribution in [0.3, 0.4) is 0 Å². The van der Waals surface area contributed by atoms with Gasteiger partial charge in [-0.3, -0.25) is 0 Å². The number of ether oxygens (including phenoxy) is 2. The van der Waals surface area contributed by atoms with Gasteiger partial charge < -0.3 is 14.6 Å². The fraction of sp³-hybridized carbons (Fsp3) is 0.200. The molecule has 0 aliphatic rings. The number of hydrogen-bond acceptors (Lipinski definition) is 4. The van der Waals surface area contributed by atoms with E-state index >= 15 is 0 Å². The zero-order chi connectivity index (χ0) is 14.5. The van der Waals surface area contributed by atoms with Crippen LogP contribution in [0.2, 0.25) is 0 Å². The minimum absolute atomic E-state index is 0.0594. The quantitative estimate of drug-likeness (QED) is 0.907. The van der Waals surface area contributed by atoms with Gasteiger partial charge >= 0.3 is 5.97 Å². The Morgan fingerprint density at radius 2 is 1.90 bits per heavy atom. The van der Waals surface area contributed by atoms with Gasteiger partial charge in [0.1, 0.15) is 17.9 Å². The standard InChI is InChI=1S/C15H15NO4/c1-10-3-8-13(15(17)18)14(16-10)20-9-11-4-6-12(19-2)7-5-11/h3-8H,9H2,1-2H3,(H,17,18). The van der Waals surface area contributed by atoms with Gasteiger partial charge in [0, 0.05) is 5.69 Å². The average Bonchev–Trinajstić information content (AvgIpc) is 2.45. The monoisotopic (exact) mass is 273 g/mol. The van der Waals surface area contributed by atoms with Gasteiger partial charge in [0.05, 0.1) is 7.11 Å². The van der Waals surface area contributed by atoms with E-state index in [1.165, 1.54) is 6.07 Å². The maximum absolute atomic E-state index is 11.1. The van der Waals surface area contributed by atoms with E-state index in [4.69, 9.17) is 14.6 Å². The molecule has 1 aromatic carbocycles. The lowest BCUT2D eigenvalue weighted by molar-refractivity contribution is 0.0690. The number of aromatic nitrogens is 1. The van der Waals surface area contributed by atoms with Gasteiger partial charge in [-0.05, 0) is 36.8 Å². The Bertz CT molecular complexity index is 608. The average molecular weight is 273 g/mol. The fourth-order valence-corrected chi connectivity index (χ4v) is 1.68. The first-order chi connectivity index (χ1) is 9.60. The molecule has 0 saturated carbocycles. The number of carboxylic acid groups (broad SMARTS) is 1. The van der Waals surface area contributed by atoms with Gasteiger partial charge in [-0.2, -0.15) is 0 Å². The summed E-state index contributed by atoms with van der Waals surface area (Å²) in [5, 5.41) is 9.09. The van der Waals surface area contributed by atoms with Crippen molar-refractivity contribution in [3.05, 3.63) is 53.2 Å². The SMILES string of the molecule is COc1ccc(COc2nc(C)ccc2C(=O)O)cc1. The first-order valence-electron chi connectivity index (χ1n) is 6.07. The molecule has 2 rings (SSSR count). The number of pyridine rings is 1. The van der Waals surface area contributed by atoms with Crippen molar-refractivity contribution in [2.45, 2.75) is 13.5 Å². The van der Waals surface area contributed by atoms with Crippen LogP contribution in [0, 0.1) is 6.92 Å². The maximum Gasteiger partial charge on any atom is 0.341 e. The summed E-state index contributed by atoms with van der Waals surface area (Å²) in [6.07, 6.45) is 0. The molecule has 0 aliphatic heterocycles. The van der Waals surface area contributed by atoms with E-state index in [0.29, 0.717) is 5.69 Å². The largest absolute Gasteiger partial charge is 0.497 e. The van der Waals surface area contributed by atoms with Crippen LogP contribution >= 0.6 is 0 Å². The molecule has 1 aromatic heterocycles.